The summed E-state index contributed by atoms with van der Waals surface area (Å²) in [4.78, 5) is 11.4. The Morgan fingerprint density at radius 1 is 1.33 bits per heavy atom. The van der Waals surface area contributed by atoms with Crippen molar-refractivity contribution in [1.82, 2.24) is 0 Å². The van der Waals surface area contributed by atoms with Crippen molar-refractivity contribution in [3.8, 4) is 0 Å². The zero-order chi connectivity index (χ0) is 11.1. The van der Waals surface area contributed by atoms with Gasteiger partial charge in [0, 0.05) is 5.92 Å². The van der Waals surface area contributed by atoms with E-state index >= 15 is 0 Å². The monoisotopic (exact) mass is 208 g/mol. The van der Waals surface area contributed by atoms with Crippen LogP contribution in [0.15, 0.2) is 0 Å². The van der Waals surface area contributed by atoms with Gasteiger partial charge in [0.05, 0.1) is 0 Å². The lowest BCUT2D eigenvalue weighted by Gasteiger charge is -2.41. The summed E-state index contributed by atoms with van der Waals surface area (Å²) in [5, 5.41) is 0. The number of fused-ring (bicyclic) bond motifs is 1. The van der Waals surface area contributed by atoms with Gasteiger partial charge in [-0.3, -0.25) is 4.79 Å². The lowest BCUT2D eigenvalue weighted by atomic mass is 9.63. The Labute approximate surface area is 93.6 Å². The summed E-state index contributed by atoms with van der Waals surface area (Å²) in [6.45, 7) is 6.36. The maximum Gasteiger partial charge on any atom is 0.132 e. The highest BCUT2D eigenvalue weighted by atomic mass is 16.1. The molecule has 0 spiro atoms. The van der Waals surface area contributed by atoms with E-state index in [1.807, 2.05) is 0 Å². The van der Waals surface area contributed by atoms with Gasteiger partial charge < -0.3 is 0 Å². The van der Waals surface area contributed by atoms with E-state index in [0.717, 1.165) is 5.92 Å². The molecular weight excluding hydrogens is 184 g/mol. The number of carbonyl (C=O) groups is 1. The molecule has 1 nitrogen and oxygen atoms in total. The Bertz CT molecular complexity index is 258. The standard InChI is InChI=1S/C14H24O/c1-10(11(2)15)12-6-8-14(3)7-4-5-13(14)9-12/h10,12-13H,4-9H2,1-3H3/t10-,12?,13?,14-/m0/s1. The first kappa shape index (κ1) is 11.2. The lowest BCUT2D eigenvalue weighted by Crippen LogP contribution is -2.33. The maximum atomic E-state index is 11.4. The highest BCUT2D eigenvalue weighted by Crippen LogP contribution is 2.54. The largest absolute Gasteiger partial charge is 0.300 e. The maximum absolute atomic E-state index is 11.4. The minimum atomic E-state index is 0.301. The zero-order valence-corrected chi connectivity index (χ0v) is 10.4. The van der Waals surface area contributed by atoms with Gasteiger partial charge in [-0.2, -0.15) is 0 Å². The first-order chi connectivity index (χ1) is 7.03. The molecule has 0 aromatic carbocycles. The number of rotatable bonds is 2. The highest BCUT2D eigenvalue weighted by molar-refractivity contribution is 5.78. The minimum absolute atomic E-state index is 0.301. The molecule has 2 unspecified atom stereocenters. The summed E-state index contributed by atoms with van der Waals surface area (Å²) >= 11 is 0. The van der Waals surface area contributed by atoms with Crippen LogP contribution in [0.2, 0.25) is 0 Å². The summed E-state index contributed by atoms with van der Waals surface area (Å²) in [5.74, 6) is 2.29. The van der Waals surface area contributed by atoms with E-state index in [-0.39, 0.29) is 0 Å². The van der Waals surface area contributed by atoms with E-state index in [2.05, 4.69) is 13.8 Å². The van der Waals surface area contributed by atoms with Crippen molar-refractivity contribution < 1.29 is 4.79 Å². The Morgan fingerprint density at radius 2 is 2.07 bits per heavy atom. The van der Waals surface area contributed by atoms with Gasteiger partial charge >= 0.3 is 0 Å². The van der Waals surface area contributed by atoms with Crippen molar-refractivity contribution in [1.29, 1.82) is 0 Å². The van der Waals surface area contributed by atoms with Crippen molar-refractivity contribution >= 4 is 5.78 Å². The van der Waals surface area contributed by atoms with Crippen LogP contribution in [0.5, 0.6) is 0 Å². The van der Waals surface area contributed by atoms with Gasteiger partial charge in [-0.1, -0.05) is 20.3 Å². The molecular formula is C14H24O. The van der Waals surface area contributed by atoms with Crippen LogP contribution in [0.3, 0.4) is 0 Å². The average Bonchev–Trinajstić information content (AvgIpc) is 2.57. The second-order valence-corrected chi connectivity index (χ2v) is 6.18. The third kappa shape index (κ3) is 1.98. The average molecular weight is 208 g/mol. The molecule has 0 bridgehead atoms. The summed E-state index contributed by atoms with van der Waals surface area (Å²) in [6.07, 6.45) is 8.23. The molecule has 4 atom stereocenters. The van der Waals surface area contributed by atoms with Gasteiger partial charge in [0.15, 0.2) is 0 Å². The zero-order valence-electron chi connectivity index (χ0n) is 10.4. The molecule has 86 valence electrons. The topological polar surface area (TPSA) is 17.1 Å². The number of carbonyl (C=O) groups excluding carboxylic acids is 1. The predicted molar refractivity (Wildman–Crippen MR) is 62.6 cm³/mol. The third-order valence-electron chi connectivity index (χ3n) is 5.31. The first-order valence-electron chi connectivity index (χ1n) is 6.53. The van der Waals surface area contributed by atoms with Gasteiger partial charge in [0.1, 0.15) is 5.78 Å². The molecule has 2 aliphatic rings. The molecule has 0 aromatic heterocycles. The van der Waals surface area contributed by atoms with Gasteiger partial charge in [0.25, 0.3) is 0 Å². The van der Waals surface area contributed by atoms with E-state index in [1.54, 1.807) is 6.92 Å². The van der Waals surface area contributed by atoms with Gasteiger partial charge in [-0.25, -0.2) is 0 Å². The van der Waals surface area contributed by atoms with E-state index in [1.165, 1.54) is 38.5 Å². The fourth-order valence-electron chi connectivity index (χ4n) is 3.82. The summed E-state index contributed by atoms with van der Waals surface area (Å²) < 4.78 is 0. The molecule has 0 amide bonds. The molecule has 2 saturated carbocycles. The van der Waals surface area contributed by atoms with Gasteiger partial charge in [-0.15, -0.1) is 0 Å². The molecule has 1 heteroatoms. The summed E-state index contributed by atoms with van der Waals surface area (Å²) in [6, 6.07) is 0. The first-order valence-corrected chi connectivity index (χ1v) is 6.53. The molecule has 2 aliphatic carbocycles. The van der Waals surface area contributed by atoms with E-state index in [0.29, 0.717) is 23.0 Å². The SMILES string of the molecule is CC(=O)[C@H](C)C1CC[C@]2(C)CCCC2C1. The highest BCUT2D eigenvalue weighted by Gasteiger charge is 2.44. The molecule has 0 aromatic rings. The Kier molecular flexibility index (Phi) is 2.92. The summed E-state index contributed by atoms with van der Waals surface area (Å²) in [7, 11) is 0. The van der Waals surface area contributed by atoms with Crippen LogP contribution in [0.25, 0.3) is 0 Å². The quantitative estimate of drug-likeness (QED) is 0.674. The van der Waals surface area contributed by atoms with Crippen molar-refractivity contribution in [2.45, 2.75) is 59.3 Å². The minimum Gasteiger partial charge on any atom is -0.300 e. The molecule has 0 radical (unpaired) electrons. The van der Waals surface area contributed by atoms with Crippen LogP contribution in [0, 0.1) is 23.2 Å². The van der Waals surface area contributed by atoms with Crippen molar-refractivity contribution in [3.63, 3.8) is 0 Å². The smallest absolute Gasteiger partial charge is 0.132 e. The van der Waals surface area contributed by atoms with Crippen LogP contribution in [-0.4, -0.2) is 5.78 Å². The van der Waals surface area contributed by atoms with Gasteiger partial charge in [-0.05, 0) is 56.3 Å². The number of hydrogen-bond acceptors (Lipinski definition) is 1. The second-order valence-electron chi connectivity index (χ2n) is 6.18. The van der Waals surface area contributed by atoms with E-state index < -0.39 is 0 Å². The van der Waals surface area contributed by atoms with Crippen LogP contribution < -0.4 is 0 Å². The lowest BCUT2D eigenvalue weighted by molar-refractivity contribution is -0.122. The Hall–Kier alpha value is -0.330. The summed E-state index contributed by atoms with van der Waals surface area (Å²) in [5.41, 5.74) is 0.632. The molecule has 0 N–H and O–H groups in total. The predicted octanol–water partition coefficient (Wildman–Crippen LogP) is 3.82. The Balaban J connectivity index is 2.01. The fourth-order valence-corrected chi connectivity index (χ4v) is 3.82. The number of ketones is 1. The normalized spacial score (nSPS) is 42.3. The van der Waals surface area contributed by atoms with Crippen molar-refractivity contribution in [3.05, 3.63) is 0 Å². The molecule has 15 heavy (non-hydrogen) atoms. The molecule has 2 fully saturated rings. The molecule has 0 saturated heterocycles. The van der Waals surface area contributed by atoms with Crippen LogP contribution in [-0.2, 0) is 4.79 Å². The molecule has 0 heterocycles. The van der Waals surface area contributed by atoms with Crippen LogP contribution in [0.4, 0.5) is 0 Å². The number of hydrogen-bond donors (Lipinski definition) is 0. The Morgan fingerprint density at radius 3 is 2.73 bits per heavy atom. The van der Waals surface area contributed by atoms with E-state index in [9.17, 15) is 4.79 Å². The van der Waals surface area contributed by atoms with Crippen molar-refractivity contribution in [2.75, 3.05) is 0 Å². The van der Waals surface area contributed by atoms with Crippen LogP contribution in [0.1, 0.15) is 59.3 Å². The molecule has 2 rings (SSSR count). The fraction of sp³-hybridized carbons (Fsp3) is 0.929. The third-order valence-corrected chi connectivity index (χ3v) is 5.31. The second kappa shape index (κ2) is 3.92. The van der Waals surface area contributed by atoms with Crippen LogP contribution >= 0.6 is 0 Å². The van der Waals surface area contributed by atoms with Gasteiger partial charge in [0.2, 0.25) is 0 Å². The number of Topliss-reactive ketones (excluding diaryl/α,β-unsaturated/α-hetero) is 1. The van der Waals surface area contributed by atoms with E-state index in [4.69, 9.17) is 0 Å². The molecule has 0 aliphatic heterocycles. The van der Waals surface area contributed by atoms with Crippen molar-refractivity contribution in [2.24, 2.45) is 23.2 Å².